The Morgan fingerprint density at radius 3 is 1.87 bits per heavy atom. The van der Waals surface area contributed by atoms with E-state index in [4.69, 9.17) is 0 Å². The van der Waals surface area contributed by atoms with Gasteiger partial charge in [0, 0.05) is 19.0 Å². The van der Waals surface area contributed by atoms with Crippen LogP contribution in [0.25, 0.3) is 0 Å². The van der Waals surface area contributed by atoms with Crippen LogP contribution in [0.2, 0.25) is 0 Å². The van der Waals surface area contributed by atoms with Crippen molar-refractivity contribution in [3.05, 3.63) is 102 Å². The molecule has 0 aliphatic heterocycles. The Balaban J connectivity index is 2.02. The van der Waals surface area contributed by atoms with Crippen molar-refractivity contribution >= 4 is 27.5 Å². The summed E-state index contributed by atoms with van der Waals surface area (Å²) in [6, 6.07) is 25.1. The largest absolute Gasteiger partial charge is 0.352 e. The molecule has 202 valence electrons. The third kappa shape index (κ3) is 8.18. The number of rotatable bonds is 12. The van der Waals surface area contributed by atoms with Gasteiger partial charge in [0.05, 0.1) is 11.9 Å². The summed E-state index contributed by atoms with van der Waals surface area (Å²) in [7, 11) is -3.78. The maximum atomic E-state index is 14.0. The van der Waals surface area contributed by atoms with E-state index < -0.39 is 28.5 Å². The molecule has 8 heteroatoms. The molecule has 7 nitrogen and oxygen atoms in total. The number of amides is 2. The van der Waals surface area contributed by atoms with Gasteiger partial charge in [0.15, 0.2) is 0 Å². The lowest BCUT2D eigenvalue weighted by Crippen LogP contribution is -2.54. The molecule has 0 unspecified atom stereocenters. The SMILES string of the molecule is CCc1ccc(N(CC(=O)N(Cc2ccccc2)[C@@H](Cc2ccccc2)C(=O)NC(C)C)S(C)(=O)=O)cc1. The third-order valence-electron chi connectivity index (χ3n) is 6.21. The second-order valence-corrected chi connectivity index (χ2v) is 11.6. The summed E-state index contributed by atoms with van der Waals surface area (Å²) >= 11 is 0. The van der Waals surface area contributed by atoms with Gasteiger partial charge in [-0.1, -0.05) is 79.7 Å². The summed E-state index contributed by atoms with van der Waals surface area (Å²) in [4.78, 5) is 28.9. The number of benzene rings is 3. The lowest BCUT2D eigenvalue weighted by molar-refractivity contribution is -0.140. The molecule has 3 aromatic carbocycles. The van der Waals surface area contributed by atoms with Crippen LogP contribution in [-0.2, 0) is 39.0 Å². The molecular formula is C30H37N3O4S. The molecule has 1 N–H and O–H groups in total. The number of anilines is 1. The van der Waals surface area contributed by atoms with Crippen molar-refractivity contribution in [2.24, 2.45) is 0 Å². The Kier molecular flexibility index (Phi) is 10.1. The van der Waals surface area contributed by atoms with Crippen LogP contribution in [0, 0.1) is 0 Å². The molecule has 0 radical (unpaired) electrons. The van der Waals surface area contributed by atoms with Crippen molar-refractivity contribution in [1.82, 2.24) is 10.2 Å². The Labute approximate surface area is 226 Å². The van der Waals surface area contributed by atoms with E-state index in [9.17, 15) is 18.0 Å². The second kappa shape index (κ2) is 13.2. The van der Waals surface area contributed by atoms with E-state index in [0.717, 1.165) is 33.7 Å². The zero-order valence-electron chi connectivity index (χ0n) is 22.5. The number of hydrogen-bond donors (Lipinski definition) is 1. The topological polar surface area (TPSA) is 86.8 Å². The quantitative estimate of drug-likeness (QED) is 0.377. The van der Waals surface area contributed by atoms with Crippen LogP contribution in [0.4, 0.5) is 5.69 Å². The lowest BCUT2D eigenvalue weighted by atomic mass is 10.0. The molecular weight excluding hydrogens is 498 g/mol. The van der Waals surface area contributed by atoms with Crippen molar-refractivity contribution in [3.8, 4) is 0 Å². The van der Waals surface area contributed by atoms with E-state index in [2.05, 4.69) is 5.32 Å². The highest BCUT2D eigenvalue weighted by molar-refractivity contribution is 7.92. The summed E-state index contributed by atoms with van der Waals surface area (Å²) in [5.74, 6) is -0.745. The highest BCUT2D eigenvalue weighted by atomic mass is 32.2. The highest BCUT2D eigenvalue weighted by Crippen LogP contribution is 2.21. The standard InChI is InChI=1S/C30H37N3O4S/c1-5-24-16-18-27(19-17-24)33(38(4,36)37)22-29(34)32(21-26-14-10-7-11-15-26)28(30(35)31-23(2)3)20-25-12-8-6-9-13-25/h6-19,23,28H,5,20-22H2,1-4H3,(H,31,35)/t28-/m0/s1. The van der Waals surface area contributed by atoms with Gasteiger partial charge < -0.3 is 10.2 Å². The number of hydrogen-bond acceptors (Lipinski definition) is 4. The molecule has 0 bridgehead atoms. The van der Waals surface area contributed by atoms with Gasteiger partial charge in [0.25, 0.3) is 0 Å². The highest BCUT2D eigenvalue weighted by Gasteiger charge is 2.33. The Hall–Kier alpha value is -3.65. The van der Waals surface area contributed by atoms with E-state index in [1.807, 2.05) is 93.6 Å². The minimum Gasteiger partial charge on any atom is -0.352 e. The second-order valence-electron chi connectivity index (χ2n) is 9.67. The van der Waals surface area contributed by atoms with Gasteiger partial charge in [-0.15, -0.1) is 0 Å². The van der Waals surface area contributed by atoms with Crippen LogP contribution >= 0.6 is 0 Å². The van der Waals surface area contributed by atoms with Gasteiger partial charge in [0.2, 0.25) is 21.8 Å². The maximum Gasteiger partial charge on any atom is 0.244 e. The van der Waals surface area contributed by atoms with Gasteiger partial charge in [-0.2, -0.15) is 0 Å². The summed E-state index contributed by atoms with van der Waals surface area (Å²) < 4.78 is 26.7. The Morgan fingerprint density at radius 2 is 1.37 bits per heavy atom. The molecule has 0 saturated heterocycles. The van der Waals surface area contributed by atoms with E-state index in [1.165, 1.54) is 4.90 Å². The van der Waals surface area contributed by atoms with E-state index >= 15 is 0 Å². The monoisotopic (exact) mass is 535 g/mol. The predicted octanol–water partition coefficient (Wildman–Crippen LogP) is 4.18. The molecule has 0 saturated carbocycles. The zero-order chi connectivity index (χ0) is 27.7. The first kappa shape index (κ1) is 28.9. The van der Waals surface area contributed by atoms with Gasteiger partial charge in [-0.25, -0.2) is 8.42 Å². The van der Waals surface area contributed by atoms with Crippen LogP contribution < -0.4 is 9.62 Å². The fourth-order valence-electron chi connectivity index (χ4n) is 4.23. The first-order valence-corrected chi connectivity index (χ1v) is 14.7. The Bertz CT molecular complexity index is 1290. The smallest absolute Gasteiger partial charge is 0.244 e. The molecule has 38 heavy (non-hydrogen) atoms. The van der Waals surface area contributed by atoms with Crippen molar-refractivity contribution in [1.29, 1.82) is 0 Å². The molecule has 0 heterocycles. The van der Waals surface area contributed by atoms with Gasteiger partial charge >= 0.3 is 0 Å². The van der Waals surface area contributed by atoms with Crippen LogP contribution in [0.3, 0.4) is 0 Å². The summed E-state index contributed by atoms with van der Waals surface area (Å²) in [5, 5.41) is 2.95. The van der Waals surface area contributed by atoms with Crippen LogP contribution in [-0.4, -0.2) is 50.0 Å². The molecule has 0 aliphatic carbocycles. The third-order valence-corrected chi connectivity index (χ3v) is 7.35. The van der Waals surface area contributed by atoms with Gasteiger partial charge in [-0.05, 0) is 49.1 Å². The van der Waals surface area contributed by atoms with Gasteiger partial charge in [-0.3, -0.25) is 13.9 Å². The molecule has 3 rings (SSSR count). The number of nitrogens with zero attached hydrogens (tertiary/aromatic N) is 2. The summed E-state index contributed by atoms with van der Waals surface area (Å²) in [6.45, 7) is 5.49. The fourth-order valence-corrected chi connectivity index (χ4v) is 5.08. The summed E-state index contributed by atoms with van der Waals surface area (Å²) in [6.07, 6.45) is 2.19. The molecule has 0 fully saturated rings. The van der Waals surface area contributed by atoms with E-state index in [1.54, 1.807) is 12.1 Å². The molecule has 0 aliphatic rings. The van der Waals surface area contributed by atoms with Crippen molar-refractivity contribution in [2.75, 3.05) is 17.1 Å². The van der Waals surface area contributed by atoms with Crippen LogP contribution in [0.15, 0.2) is 84.9 Å². The maximum absolute atomic E-state index is 14.0. The minimum atomic E-state index is -3.78. The molecule has 0 spiro atoms. The average Bonchev–Trinajstić information content (AvgIpc) is 2.89. The van der Waals surface area contributed by atoms with Crippen LogP contribution in [0.1, 0.15) is 37.5 Å². The normalized spacial score (nSPS) is 12.1. The number of sulfonamides is 1. The molecule has 1 atom stereocenters. The van der Waals surface area contributed by atoms with Crippen LogP contribution in [0.5, 0.6) is 0 Å². The Morgan fingerprint density at radius 1 is 0.816 bits per heavy atom. The number of nitrogens with one attached hydrogen (secondary N) is 1. The minimum absolute atomic E-state index is 0.126. The first-order valence-electron chi connectivity index (χ1n) is 12.8. The van der Waals surface area contributed by atoms with E-state index in [-0.39, 0.29) is 18.5 Å². The van der Waals surface area contributed by atoms with Crippen molar-refractivity contribution in [3.63, 3.8) is 0 Å². The zero-order valence-corrected chi connectivity index (χ0v) is 23.3. The number of aryl methyl sites for hydroxylation is 1. The first-order chi connectivity index (χ1) is 18.1. The average molecular weight is 536 g/mol. The van der Waals surface area contributed by atoms with E-state index in [0.29, 0.717) is 12.1 Å². The fraction of sp³-hybridized carbons (Fsp3) is 0.333. The van der Waals surface area contributed by atoms with Crippen molar-refractivity contribution in [2.45, 2.75) is 52.2 Å². The lowest BCUT2D eigenvalue weighted by Gasteiger charge is -2.34. The number of carbonyl (C=O) groups is 2. The molecule has 3 aromatic rings. The summed E-state index contributed by atoms with van der Waals surface area (Å²) in [5.41, 5.74) is 3.21. The van der Waals surface area contributed by atoms with Crippen molar-refractivity contribution < 1.29 is 18.0 Å². The molecule has 2 amide bonds. The number of carbonyl (C=O) groups excluding carboxylic acids is 2. The molecule has 0 aromatic heterocycles. The predicted molar refractivity (Wildman–Crippen MR) is 152 cm³/mol. The van der Waals surface area contributed by atoms with Gasteiger partial charge in [0.1, 0.15) is 12.6 Å².